The highest BCUT2D eigenvalue weighted by atomic mass is 32.1. The van der Waals surface area contributed by atoms with E-state index in [9.17, 15) is 24.0 Å². The van der Waals surface area contributed by atoms with Crippen molar-refractivity contribution in [2.75, 3.05) is 7.11 Å². The van der Waals surface area contributed by atoms with E-state index in [2.05, 4.69) is 25.3 Å². The van der Waals surface area contributed by atoms with E-state index in [-0.39, 0.29) is 23.5 Å². The third-order valence-electron chi connectivity index (χ3n) is 5.22. The van der Waals surface area contributed by atoms with Crippen LogP contribution >= 0.6 is 34.9 Å². The van der Waals surface area contributed by atoms with E-state index in [1.807, 2.05) is 0 Å². The van der Waals surface area contributed by atoms with Crippen LogP contribution in [0.4, 0.5) is 9.59 Å². The predicted molar refractivity (Wildman–Crippen MR) is 198 cm³/mol. The van der Waals surface area contributed by atoms with Crippen LogP contribution in [0.5, 0.6) is 0 Å². The molecule has 0 saturated carbocycles. The minimum atomic E-state index is -0.977. The summed E-state index contributed by atoms with van der Waals surface area (Å²) in [6.07, 6.45) is -1.30. The number of thiazole rings is 2. The maximum Gasteiger partial charge on any atom is 0.408 e. The number of nitrogens with zero attached hydrogens (tertiary/aromatic N) is 2. The minimum absolute atomic E-state index is 0.0174. The van der Waals surface area contributed by atoms with Crippen molar-refractivity contribution in [2.24, 2.45) is 5.73 Å². The van der Waals surface area contributed by atoms with Gasteiger partial charge in [0.15, 0.2) is 5.69 Å². The lowest BCUT2D eigenvalue weighted by Gasteiger charge is -2.26. The molecule has 0 aliphatic carbocycles. The Balaban J connectivity index is 0.000000564. The van der Waals surface area contributed by atoms with Gasteiger partial charge < -0.3 is 40.1 Å². The van der Waals surface area contributed by atoms with Gasteiger partial charge in [0, 0.05) is 23.6 Å². The van der Waals surface area contributed by atoms with E-state index < -0.39 is 64.6 Å². The van der Waals surface area contributed by atoms with Gasteiger partial charge in [-0.25, -0.2) is 33.9 Å². The highest BCUT2D eigenvalue weighted by Gasteiger charge is 2.31. The zero-order valence-corrected chi connectivity index (χ0v) is 34.0. The first-order valence-corrected chi connectivity index (χ1v) is 18.0. The molecular weight excluding hydrogens is 723 g/mol. The number of rotatable bonds is 10. The number of thiocarbonyl (C=S) groups is 1. The van der Waals surface area contributed by atoms with Crippen LogP contribution in [0.1, 0.15) is 105 Å². The lowest BCUT2D eigenvalue weighted by molar-refractivity contribution is -0.158. The molecule has 0 unspecified atom stereocenters. The number of nitrogens with one attached hydrogen (secondary N) is 2. The fourth-order valence-electron chi connectivity index (χ4n) is 3.50. The van der Waals surface area contributed by atoms with Gasteiger partial charge >= 0.3 is 30.1 Å². The fraction of sp³-hybridized carbons (Fsp3) is 0.636. The van der Waals surface area contributed by atoms with Crippen molar-refractivity contribution >= 4 is 70.0 Å². The molecule has 0 bridgehead atoms. The summed E-state index contributed by atoms with van der Waals surface area (Å²) in [4.78, 5) is 69.0. The number of carbonyl (C=O) groups excluding carboxylic acids is 5. The van der Waals surface area contributed by atoms with Crippen molar-refractivity contribution in [1.29, 1.82) is 0 Å². The monoisotopic (exact) mass is 773 g/mol. The number of methoxy groups -OCH3 is 1. The standard InChI is InChI=1S/C20H27N3O6S2.C13H24N2O4S/c1-19(2,3)28-17(25)11(23-18(26)29-20(4,5)6)8-14-21-12(9-30-14)15-22-13(10-31-15)16(24)27-7;1-12(2,3)18-10(16)8(7-9(14)20)15-11(17)19-13(4,5)6/h9-11H,8H2,1-7H3,(H,23,26);8H,7H2,1-6H3,(H2,14,20)(H,15,17)/t11-;8-/m00/s1. The summed E-state index contributed by atoms with van der Waals surface area (Å²) in [7, 11) is 1.29. The van der Waals surface area contributed by atoms with Crippen LogP contribution in [0.2, 0.25) is 0 Å². The van der Waals surface area contributed by atoms with E-state index in [0.29, 0.717) is 15.7 Å². The Morgan fingerprint density at radius 1 is 0.725 bits per heavy atom. The number of hydrogen-bond acceptors (Lipinski definition) is 15. The molecule has 2 heterocycles. The van der Waals surface area contributed by atoms with E-state index >= 15 is 0 Å². The predicted octanol–water partition coefficient (Wildman–Crippen LogP) is 5.73. The molecule has 0 aliphatic rings. The summed E-state index contributed by atoms with van der Waals surface area (Å²) < 4.78 is 25.7. The van der Waals surface area contributed by atoms with Gasteiger partial charge in [-0.05, 0) is 83.1 Å². The molecule has 2 aromatic rings. The number of hydrogen-bond donors (Lipinski definition) is 3. The van der Waals surface area contributed by atoms with Crippen molar-refractivity contribution in [3.63, 3.8) is 0 Å². The maximum absolute atomic E-state index is 12.7. The van der Waals surface area contributed by atoms with Gasteiger partial charge in [0.2, 0.25) is 0 Å². The summed E-state index contributed by atoms with van der Waals surface area (Å²) >= 11 is 7.34. The maximum atomic E-state index is 12.7. The van der Waals surface area contributed by atoms with Gasteiger partial charge in [0.05, 0.1) is 17.1 Å². The Labute approximate surface area is 312 Å². The molecule has 0 radical (unpaired) electrons. The average molecular weight is 774 g/mol. The fourth-order valence-corrected chi connectivity index (χ4v) is 5.32. The first-order valence-electron chi connectivity index (χ1n) is 15.8. The van der Waals surface area contributed by atoms with E-state index in [0.717, 1.165) is 0 Å². The van der Waals surface area contributed by atoms with Crippen molar-refractivity contribution in [1.82, 2.24) is 20.6 Å². The van der Waals surface area contributed by atoms with Gasteiger partial charge in [-0.15, -0.1) is 22.7 Å². The first-order chi connectivity index (χ1) is 23.1. The summed E-state index contributed by atoms with van der Waals surface area (Å²) in [5.41, 5.74) is 3.45. The molecule has 4 N–H and O–H groups in total. The highest BCUT2D eigenvalue weighted by Crippen LogP contribution is 2.26. The normalized spacial score (nSPS) is 13.0. The summed E-state index contributed by atoms with van der Waals surface area (Å²) in [6.45, 7) is 20.8. The second-order valence-electron chi connectivity index (χ2n) is 15.0. The summed E-state index contributed by atoms with van der Waals surface area (Å²) in [6, 6.07) is -1.93. The van der Waals surface area contributed by atoms with Gasteiger partial charge in [-0.1, -0.05) is 12.2 Å². The van der Waals surface area contributed by atoms with E-state index in [1.165, 1.54) is 29.8 Å². The molecule has 15 nitrogen and oxygen atoms in total. The number of aromatic nitrogens is 2. The number of nitrogens with two attached hydrogens (primary N) is 1. The third kappa shape index (κ3) is 19.3. The van der Waals surface area contributed by atoms with Crippen molar-refractivity contribution in [2.45, 2.75) is 130 Å². The highest BCUT2D eigenvalue weighted by molar-refractivity contribution is 7.80. The second-order valence-corrected chi connectivity index (χ2v) is 17.3. The molecular formula is C33H51N5O10S3. The zero-order chi connectivity index (χ0) is 39.5. The molecule has 18 heteroatoms. The molecule has 2 atom stereocenters. The van der Waals surface area contributed by atoms with Crippen LogP contribution in [0.3, 0.4) is 0 Å². The van der Waals surface area contributed by atoms with Crippen LogP contribution < -0.4 is 16.4 Å². The van der Waals surface area contributed by atoms with Crippen LogP contribution in [0.15, 0.2) is 10.8 Å². The van der Waals surface area contributed by atoms with Crippen molar-refractivity contribution in [3.8, 4) is 10.7 Å². The lowest BCUT2D eigenvalue weighted by atomic mass is 10.1. The molecule has 2 rings (SSSR count). The zero-order valence-electron chi connectivity index (χ0n) is 31.5. The van der Waals surface area contributed by atoms with Crippen molar-refractivity contribution in [3.05, 3.63) is 21.5 Å². The van der Waals surface area contributed by atoms with Gasteiger partial charge in [0.25, 0.3) is 0 Å². The lowest BCUT2D eigenvalue weighted by Crippen LogP contribution is -2.47. The van der Waals surface area contributed by atoms with Crippen LogP contribution in [-0.2, 0) is 39.7 Å². The molecule has 2 amide bonds. The topological polar surface area (TPSA) is 207 Å². The van der Waals surface area contributed by atoms with E-state index in [1.54, 1.807) is 93.8 Å². The Morgan fingerprint density at radius 3 is 1.61 bits per heavy atom. The quantitative estimate of drug-likeness (QED) is 0.150. The smallest absolute Gasteiger partial charge is 0.408 e. The number of amides is 2. The Bertz CT molecular complexity index is 1530. The number of carbonyl (C=O) groups is 5. The van der Waals surface area contributed by atoms with Crippen LogP contribution in [0.25, 0.3) is 10.7 Å². The Kier molecular flexibility index (Phi) is 16.4. The minimum Gasteiger partial charge on any atom is -0.464 e. The Hall–Kier alpha value is -3.90. The van der Waals surface area contributed by atoms with Crippen LogP contribution in [0, 0.1) is 0 Å². The van der Waals surface area contributed by atoms with E-state index in [4.69, 9.17) is 36.9 Å². The van der Waals surface area contributed by atoms with Crippen molar-refractivity contribution < 1.29 is 47.7 Å². The number of alkyl carbamates (subject to hydrolysis) is 2. The second kappa shape index (κ2) is 18.5. The first kappa shape index (κ1) is 45.1. The summed E-state index contributed by atoms with van der Waals surface area (Å²) in [5.74, 6) is -1.71. The summed E-state index contributed by atoms with van der Waals surface area (Å²) in [5, 5.41) is 9.51. The average Bonchev–Trinajstić information content (AvgIpc) is 3.58. The molecule has 2 aromatic heterocycles. The molecule has 0 fully saturated rings. The van der Waals surface area contributed by atoms with Gasteiger partial charge in [-0.2, -0.15) is 0 Å². The molecule has 51 heavy (non-hydrogen) atoms. The SMILES string of the molecule is CC(C)(C)OC(=O)N[C@@H](CC(N)=S)C(=O)OC(C)(C)C.COC(=O)c1csc(-c2csc(C[C@H](NC(=O)OC(C)(C)C)C(=O)OC(C)(C)C)n2)n1. The third-order valence-corrected chi connectivity index (χ3v) is 7.12. The molecule has 286 valence electrons. The van der Waals surface area contributed by atoms with Gasteiger partial charge in [-0.3, -0.25) is 0 Å². The molecule has 0 aliphatic heterocycles. The molecule has 0 spiro atoms. The largest absolute Gasteiger partial charge is 0.464 e. The Morgan fingerprint density at radius 2 is 1.18 bits per heavy atom. The number of ether oxygens (including phenoxy) is 5. The molecule has 0 saturated heterocycles. The van der Waals surface area contributed by atoms with Gasteiger partial charge in [0.1, 0.15) is 45.2 Å². The number of esters is 3. The molecule has 0 aromatic carbocycles. The van der Waals surface area contributed by atoms with Crippen LogP contribution in [-0.4, -0.2) is 86.6 Å².